The third-order valence-corrected chi connectivity index (χ3v) is 4.09. The second-order valence-corrected chi connectivity index (χ2v) is 5.89. The molecule has 3 aromatic rings. The molecule has 0 aliphatic carbocycles. The van der Waals surface area contributed by atoms with Gasteiger partial charge in [-0.3, -0.25) is 0 Å². The lowest BCUT2D eigenvalue weighted by Gasteiger charge is -2.09. The highest BCUT2D eigenvalue weighted by molar-refractivity contribution is 7.80. The van der Waals surface area contributed by atoms with Gasteiger partial charge >= 0.3 is 0 Å². The van der Waals surface area contributed by atoms with Gasteiger partial charge < -0.3 is 10.6 Å². The summed E-state index contributed by atoms with van der Waals surface area (Å²) < 4.78 is 0. The van der Waals surface area contributed by atoms with E-state index in [1.165, 1.54) is 5.56 Å². The van der Waals surface area contributed by atoms with E-state index in [9.17, 15) is 0 Å². The van der Waals surface area contributed by atoms with Crippen molar-refractivity contribution in [1.29, 1.82) is 0 Å². The highest BCUT2D eigenvalue weighted by atomic mass is 32.1. The minimum absolute atomic E-state index is 0.497. The molecule has 0 amide bonds. The van der Waals surface area contributed by atoms with Gasteiger partial charge in [0, 0.05) is 12.7 Å². The third-order valence-electron chi connectivity index (χ3n) is 2.95. The Bertz CT molecular complexity index is 742. The highest BCUT2D eigenvalue weighted by Crippen LogP contribution is 2.22. The molecular formula is C16H14N4S2. The maximum Gasteiger partial charge on any atom is 0.229 e. The first-order valence-electron chi connectivity index (χ1n) is 6.77. The summed E-state index contributed by atoms with van der Waals surface area (Å²) in [6, 6.07) is 16.0. The van der Waals surface area contributed by atoms with E-state index in [1.807, 2.05) is 53.9 Å². The minimum Gasteiger partial charge on any atom is -0.358 e. The van der Waals surface area contributed by atoms with Crippen LogP contribution in [-0.4, -0.2) is 15.1 Å². The monoisotopic (exact) mass is 326 g/mol. The summed E-state index contributed by atoms with van der Waals surface area (Å²) in [6.45, 7) is 0.664. The number of hydrogen-bond acceptors (Lipinski definition) is 4. The zero-order valence-electron chi connectivity index (χ0n) is 11.7. The molecule has 0 bridgehead atoms. The van der Waals surface area contributed by atoms with Gasteiger partial charge in [0.05, 0.1) is 10.6 Å². The Morgan fingerprint density at radius 2 is 1.95 bits per heavy atom. The Morgan fingerprint density at radius 1 is 1.09 bits per heavy atom. The molecular weight excluding hydrogens is 312 g/mol. The van der Waals surface area contributed by atoms with Crippen LogP contribution in [0.1, 0.15) is 5.56 Å². The summed E-state index contributed by atoms with van der Waals surface area (Å²) in [7, 11) is 0. The molecule has 4 nitrogen and oxygen atoms in total. The molecule has 0 aliphatic rings. The Hall–Kier alpha value is -2.31. The lowest BCUT2D eigenvalue weighted by molar-refractivity contribution is 0.923. The second-order valence-electron chi connectivity index (χ2n) is 4.54. The van der Waals surface area contributed by atoms with Crippen molar-refractivity contribution < 1.29 is 0 Å². The summed E-state index contributed by atoms with van der Waals surface area (Å²) in [5.74, 6) is 0.497. The van der Waals surface area contributed by atoms with Gasteiger partial charge in [-0.05, 0) is 35.3 Å². The fraction of sp³-hybridized carbons (Fsp3) is 0.0625. The van der Waals surface area contributed by atoms with Crippen LogP contribution in [0.4, 0.5) is 5.95 Å². The number of nitrogens with zero attached hydrogens (tertiary/aromatic N) is 2. The Balaban J connectivity index is 1.61. The van der Waals surface area contributed by atoms with Gasteiger partial charge in [0.15, 0.2) is 5.11 Å². The quantitative estimate of drug-likeness (QED) is 0.716. The predicted octanol–water partition coefficient (Wildman–Crippen LogP) is 3.69. The summed E-state index contributed by atoms with van der Waals surface area (Å²) in [4.78, 5) is 9.78. The molecule has 3 rings (SSSR count). The zero-order valence-corrected chi connectivity index (χ0v) is 13.3. The van der Waals surface area contributed by atoms with Crippen molar-refractivity contribution in [1.82, 2.24) is 15.3 Å². The molecule has 0 atom stereocenters. The van der Waals surface area contributed by atoms with Crippen molar-refractivity contribution in [3.05, 3.63) is 65.7 Å². The predicted molar refractivity (Wildman–Crippen MR) is 94.8 cm³/mol. The maximum atomic E-state index is 5.28. The van der Waals surface area contributed by atoms with E-state index in [0.717, 1.165) is 10.6 Å². The van der Waals surface area contributed by atoms with E-state index in [2.05, 4.69) is 20.6 Å². The molecule has 6 heteroatoms. The van der Waals surface area contributed by atoms with Crippen LogP contribution in [0.15, 0.2) is 60.1 Å². The summed E-state index contributed by atoms with van der Waals surface area (Å²) in [6.07, 6.45) is 1.73. The van der Waals surface area contributed by atoms with Crippen molar-refractivity contribution in [2.24, 2.45) is 0 Å². The van der Waals surface area contributed by atoms with E-state index in [1.54, 1.807) is 17.5 Å². The number of anilines is 1. The smallest absolute Gasteiger partial charge is 0.229 e. The molecule has 2 heterocycles. The van der Waals surface area contributed by atoms with Crippen LogP contribution < -0.4 is 10.6 Å². The summed E-state index contributed by atoms with van der Waals surface area (Å²) in [5.41, 5.74) is 2.05. The largest absolute Gasteiger partial charge is 0.358 e. The van der Waals surface area contributed by atoms with Crippen molar-refractivity contribution >= 4 is 34.6 Å². The number of nitrogens with one attached hydrogen (secondary N) is 2. The first kappa shape index (κ1) is 14.6. The van der Waals surface area contributed by atoms with Gasteiger partial charge in [-0.2, -0.15) is 0 Å². The van der Waals surface area contributed by atoms with Crippen molar-refractivity contribution in [3.63, 3.8) is 0 Å². The van der Waals surface area contributed by atoms with Gasteiger partial charge in [-0.25, -0.2) is 9.97 Å². The topological polar surface area (TPSA) is 49.8 Å². The number of thiocarbonyl (C=S) groups is 1. The normalized spacial score (nSPS) is 10.2. The second kappa shape index (κ2) is 7.11. The number of hydrogen-bond donors (Lipinski definition) is 2. The molecule has 0 fully saturated rings. The van der Waals surface area contributed by atoms with Gasteiger partial charge in [-0.1, -0.05) is 36.4 Å². The molecule has 22 heavy (non-hydrogen) atoms. The number of rotatable bonds is 4. The van der Waals surface area contributed by atoms with Gasteiger partial charge in [0.2, 0.25) is 5.95 Å². The van der Waals surface area contributed by atoms with E-state index >= 15 is 0 Å². The average Bonchev–Trinajstić information content (AvgIpc) is 3.09. The SMILES string of the molecule is S=C(NCc1ccccc1)Nc1nccc(-c2cccs2)n1. The Morgan fingerprint density at radius 3 is 2.73 bits per heavy atom. The molecule has 0 aliphatic heterocycles. The van der Waals surface area contributed by atoms with Crippen molar-refractivity contribution in [3.8, 4) is 10.6 Å². The van der Waals surface area contributed by atoms with Crippen LogP contribution in [0.5, 0.6) is 0 Å². The van der Waals surface area contributed by atoms with Crippen LogP contribution in [0, 0.1) is 0 Å². The molecule has 1 aromatic carbocycles. The van der Waals surface area contributed by atoms with Crippen LogP contribution in [0.25, 0.3) is 10.6 Å². The fourth-order valence-corrected chi connectivity index (χ4v) is 2.76. The van der Waals surface area contributed by atoms with E-state index in [-0.39, 0.29) is 0 Å². The molecule has 0 saturated heterocycles. The maximum absolute atomic E-state index is 5.28. The molecule has 0 saturated carbocycles. The standard InChI is InChI=1S/C16H14N4S2/c21-16(18-11-12-5-2-1-3-6-12)20-15-17-9-8-13(19-15)14-7-4-10-22-14/h1-10H,11H2,(H2,17,18,19,20,21). The number of benzene rings is 1. The molecule has 2 aromatic heterocycles. The van der Waals surface area contributed by atoms with E-state index in [4.69, 9.17) is 12.2 Å². The van der Waals surface area contributed by atoms with Gasteiger partial charge in [0.1, 0.15) is 0 Å². The van der Waals surface area contributed by atoms with Gasteiger partial charge in [-0.15, -0.1) is 11.3 Å². The molecule has 0 unspecified atom stereocenters. The van der Waals surface area contributed by atoms with Gasteiger partial charge in [0.25, 0.3) is 0 Å². The summed E-state index contributed by atoms with van der Waals surface area (Å²) in [5, 5.41) is 8.69. The first-order valence-corrected chi connectivity index (χ1v) is 8.06. The van der Waals surface area contributed by atoms with Crippen molar-refractivity contribution in [2.45, 2.75) is 6.54 Å². The zero-order chi connectivity index (χ0) is 15.2. The Kier molecular flexibility index (Phi) is 4.72. The average molecular weight is 326 g/mol. The number of thiophene rings is 1. The molecule has 0 radical (unpaired) electrons. The third kappa shape index (κ3) is 3.87. The van der Waals surface area contributed by atoms with Crippen LogP contribution in [0.3, 0.4) is 0 Å². The van der Waals surface area contributed by atoms with E-state index in [0.29, 0.717) is 17.6 Å². The van der Waals surface area contributed by atoms with Crippen molar-refractivity contribution in [2.75, 3.05) is 5.32 Å². The molecule has 2 N–H and O–H groups in total. The van der Waals surface area contributed by atoms with Crippen LogP contribution in [0.2, 0.25) is 0 Å². The highest BCUT2D eigenvalue weighted by Gasteiger charge is 2.04. The summed E-state index contributed by atoms with van der Waals surface area (Å²) >= 11 is 6.92. The van der Waals surface area contributed by atoms with E-state index < -0.39 is 0 Å². The lowest BCUT2D eigenvalue weighted by Crippen LogP contribution is -2.28. The molecule has 0 spiro atoms. The Labute approximate surface area is 138 Å². The van der Waals surface area contributed by atoms with Crippen LogP contribution >= 0.6 is 23.6 Å². The minimum atomic E-state index is 0.497. The fourth-order valence-electron chi connectivity index (χ4n) is 1.90. The first-order chi connectivity index (χ1) is 10.8. The van der Waals surface area contributed by atoms with Crippen LogP contribution in [-0.2, 0) is 6.54 Å². The number of aromatic nitrogens is 2. The molecule has 110 valence electrons. The lowest BCUT2D eigenvalue weighted by atomic mass is 10.2.